The van der Waals surface area contributed by atoms with Gasteiger partial charge in [-0.2, -0.15) is 5.26 Å². The van der Waals surface area contributed by atoms with E-state index in [-0.39, 0.29) is 23.9 Å². The van der Waals surface area contributed by atoms with Crippen LogP contribution in [-0.2, 0) is 9.59 Å². The summed E-state index contributed by atoms with van der Waals surface area (Å²) in [6, 6.07) is 8.60. The predicted octanol–water partition coefficient (Wildman–Crippen LogP) is 1.70. The molecule has 0 aliphatic heterocycles. The molecule has 0 fully saturated rings. The van der Waals surface area contributed by atoms with Crippen molar-refractivity contribution < 1.29 is 14.3 Å². The number of carbonyl (C=O) groups excluding carboxylic acids is 2. The van der Waals surface area contributed by atoms with E-state index >= 15 is 0 Å². The Balaban J connectivity index is 2.61. The van der Waals surface area contributed by atoms with Gasteiger partial charge in [0.05, 0.1) is 18.2 Å². The molecule has 0 saturated carbocycles. The van der Waals surface area contributed by atoms with E-state index in [0.29, 0.717) is 11.3 Å². The first-order valence-electron chi connectivity index (χ1n) is 7.35. The van der Waals surface area contributed by atoms with Gasteiger partial charge in [-0.3, -0.25) is 9.59 Å². The Labute approximate surface area is 137 Å². The smallest absolute Gasteiger partial charge is 0.263 e. The van der Waals surface area contributed by atoms with Gasteiger partial charge in [0, 0.05) is 12.6 Å². The van der Waals surface area contributed by atoms with E-state index in [0.717, 1.165) is 0 Å². The molecule has 2 amide bonds. The van der Waals surface area contributed by atoms with Crippen LogP contribution in [0.15, 0.2) is 24.3 Å². The van der Waals surface area contributed by atoms with Gasteiger partial charge < -0.3 is 15.0 Å². The number of rotatable bonds is 5. The molecule has 124 valence electrons. The third-order valence-electron chi connectivity index (χ3n) is 2.90. The zero-order valence-corrected chi connectivity index (χ0v) is 14.2. The van der Waals surface area contributed by atoms with Crippen LogP contribution in [0, 0.1) is 11.3 Å². The summed E-state index contributed by atoms with van der Waals surface area (Å²) >= 11 is 0. The van der Waals surface area contributed by atoms with Crippen LogP contribution < -0.4 is 10.1 Å². The summed E-state index contributed by atoms with van der Waals surface area (Å²) in [4.78, 5) is 25.4. The van der Waals surface area contributed by atoms with Crippen LogP contribution in [0.5, 0.6) is 5.75 Å². The number of nitriles is 1. The summed E-state index contributed by atoms with van der Waals surface area (Å²) in [5.74, 6) is -0.0964. The molecule has 1 aromatic rings. The van der Waals surface area contributed by atoms with Crippen LogP contribution >= 0.6 is 0 Å². The van der Waals surface area contributed by atoms with E-state index in [1.807, 2.05) is 26.8 Å². The minimum absolute atomic E-state index is 0.0396. The highest BCUT2D eigenvalue weighted by Gasteiger charge is 2.22. The maximum absolute atomic E-state index is 12.3. The van der Waals surface area contributed by atoms with Crippen LogP contribution in [-0.4, -0.2) is 41.9 Å². The first kappa shape index (κ1) is 18.5. The molecule has 1 atom stereocenters. The standard InChI is InChI=1S/C17H23N3O3/c1-12(23-14-8-6-7-13(9-14)10-18)16(22)20(5)11-15(21)19-17(2,3)4/h6-9,12H,11H2,1-5H3,(H,19,21). The molecule has 0 aliphatic rings. The summed E-state index contributed by atoms with van der Waals surface area (Å²) in [5, 5.41) is 11.7. The summed E-state index contributed by atoms with van der Waals surface area (Å²) in [7, 11) is 1.55. The molecule has 0 aromatic heterocycles. The Morgan fingerprint density at radius 1 is 1.39 bits per heavy atom. The quantitative estimate of drug-likeness (QED) is 0.896. The lowest BCUT2D eigenvalue weighted by Crippen LogP contribution is -2.48. The fraction of sp³-hybridized carbons (Fsp3) is 0.471. The Morgan fingerprint density at radius 2 is 2.04 bits per heavy atom. The molecule has 0 spiro atoms. The van der Waals surface area contributed by atoms with E-state index in [1.165, 1.54) is 4.90 Å². The molecule has 6 heteroatoms. The van der Waals surface area contributed by atoms with Crippen LogP contribution in [0.3, 0.4) is 0 Å². The number of carbonyl (C=O) groups is 2. The average Bonchev–Trinajstić information content (AvgIpc) is 2.44. The Hall–Kier alpha value is -2.55. The molecule has 1 rings (SSSR count). The van der Waals surface area contributed by atoms with Crippen molar-refractivity contribution in [2.75, 3.05) is 13.6 Å². The van der Waals surface area contributed by atoms with Crippen molar-refractivity contribution in [2.45, 2.75) is 39.3 Å². The summed E-state index contributed by atoms with van der Waals surface area (Å²) in [6.07, 6.45) is -0.753. The first-order chi connectivity index (χ1) is 10.6. The molecular formula is C17H23N3O3. The molecule has 6 nitrogen and oxygen atoms in total. The number of benzene rings is 1. The van der Waals surface area contributed by atoms with E-state index in [4.69, 9.17) is 10.00 Å². The Morgan fingerprint density at radius 3 is 2.61 bits per heavy atom. The van der Waals surface area contributed by atoms with Crippen molar-refractivity contribution in [1.29, 1.82) is 5.26 Å². The monoisotopic (exact) mass is 317 g/mol. The maximum atomic E-state index is 12.3. The SMILES string of the molecule is CC(Oc1cccc(C#N)c1)C(=O)N(C)CC(=O)NC(C)(C)C. The molecule has 23 heavy (non-hydrogen) atoms. The second-order valence-electron chi connectivity index (χ2n) is 6.39. The third-order valence-corrected chi connectivity index (χ3v) is 2.90. The van der Waals surface area contributed by atoms with Crippen molar-refractivity contribution in [2.24, 2.45) is 0 Å². The van der Waals surface area contributed by atoms with Gasteiger partial charge in [-0.05, 0) is 45.9 Å². The van der Waals surface area contributed by atoms with Crippen molar-refractivity contribution in [3.63, 3.8) is 0 Å². The van der Waals surface area contributed by atoms with E-state index in [9.17, 15) is 9.59 Å². The Bertz CT molecular complexity index is 614. The highest BCUT2D eigenvalue weighted by molar-refractivity contribution is 5.87. The van der Waals surface area contributed by atoms with Crippen LogP contribution in [0.1, 0.15) is 33.3 Å². The number of nitrogens with zero attached hydrogens (tertiary/aromatic N) is 2. The van der Waals surface area contributed by atoms with Gasteiger partial charge in [0.25, 0.3) is 5.91 Å². The van der Waals surface area contributed by atoms with Crippen molar-refractivity contribution in [3.8, 4) is 11.8 Å². The first-order valence-corrected chi connectivity index (χ1v) is 7.35. The molecule has 1 N–H and O–H groups in total. The number of hydrogen-bond donors (Lipinski definition) is 1. The van der Waals surface area contributed by atoms with Gasteiger partial charge in [-0.15, -0.1) is 0 Å². The molecule has 0 saturated heterocycles. The van der Waals surface area contributed by atoms with E-state index < -0.39 is 6.10 Å². The topological polar surface area (TPSA) is 82.4 Å². The average molecular weight is 317 g/mol. The van der Waals surface area contributed by atoms with Gasteiger partial charge in [0.15, 0.2) is 6.10 Å². The molecule has 1 unspecified atom stereocenters. The summed E-state index contributed by atoms with van der Waals surface area (Å²) in [5.41, 5.74) is 0.112. The lowest BCUT2D eigenvalue weighted by Gasteiger charge is -2.25. The molecular weight excluding hydrogens is 294 g/mol. The van der Waals surface area contributed by atoms with Crippen molar-refractivity contribution >= 4 is 11.8 Å². The fourth-order valence-electron chi connectivity index (χ4n) is 1.95. The normalized spacial score (nSPS) is 12.0. The van der Waals surface area contributed by atoms with Gasteiger partial charge in [0.2, 0.25) is 5.91 Å². The number of ether oxygens (including phenoxy) is 1. The number of amides is 2. The fourth-order valence-corrected chi connectivity index (χ4v) is 1.95. The van der Waals surface area contributed by atoms with Crippen LogP contribution in [0.2, 0.25) is 0 Å². The van der Waals surface area contributed by atoms with Crippen LogP contribution in [0.4, 0.5) is 0 Å². The largest absolute Gasteiger partial charge is 0.481 e. The number of nitrogens with one attached hydrogen (secondary N) is 1. The zero-order valence-electron chi connectivity index (χ0n) is 14.2. The number of hydrogen-bond acceptors (Lipinski definition) is 4. The van der Waals surface area contributed by atoms with Crippen molar-refractivity contribution in [1.82, 2.24) is 10.2 Å². The van der Waals surface area contributed by atoms with E-state index in [2.05, 4.69) is 5.32 Å². The highest BCUT2D eigenvalue weighted by atomic mass is 16.5. The predicted molar refractivity (Wildman–Crippen MR) is 86.8 cm³/mol. The van der Waals surface area contributed by atoms with E-state index in [1.54, 1.807) is 38.2 Å². The third kappa shape index (κ3) is 6.39. The molecule has 1 aromatic carbocycles. The zero-order chi connectivity index (χ0) is 17.6. The maximum Gasteiger partial charge on any atom is 0.263 e. The summed E-state index contributed by atoms with van der Waals surface area (Å²) in [6.45, 7) is 7.20. The minimum Gasteiger partial charge on any atom is -0.481 e. The molecule has 0 heterocycles. The Kier molecular flexibility index (Phi) is 6.14. The summed E-state index contributed by atoms with van der Waals surface area (Å²) < 4.78 is 5.55. The van der Waals surface area contributed by atoms with Crippen molar-refractivity contribution in [3.05, 3.63) is 29.8 Å². The highest BCUT2D eigenvalue weighted by Crippen LogP contribution is 2.15. The minimum atomic E-state index is -0.753. The molecule has 0 aliphatic carbocycles. The number of likely N-dealkylation sites (N-methyl/N-ethyl adjacent to an activating group) is 1. The van der Waals surface area contributed by atoms with Gasteiger partial charge in [-0.25, -0.2) is 0 Å². The second kappa shape index (κ2) is 7.63. The molecule has 0 radical (unpaired) electrons. The van der Waals surface area contributed by atoms with Gasteiger partial charge in [0.1, 0.15) is 5.75 Å². The van der Waals surface area contributed by atoms with Gasteiger partial charge in [-0.1, -0.05) is 6.07 Å². The van der Waals surface area contributed by atoms with Crippen LogP contribution in [0.25, 0.3) is 0 Å². The molecule has 0 bridgehead atoms. The second-order valence-corrected chi connectivity index (χ2v) is 6.39. The lowest BCUT2D eigenvalue weighted by molar-refractivity contribution is -0.140. The van der Waals surface area contributed by atoms with Gasteiger partial charge >= 0.3 is 0 Å². The lowest BCUT2D eigenvalue weighted by atomic mass is 10.1.